The van der Waals surface area contributed by atoms with Crippen LogP contribution in [-0.4, -0.2) is 26.8 Å². The van der Waals surface area contributed by atoms with Crippen molar-refractivity contribution >= 4 is 33.2 Å². The van der Waals surface area contributed by atoms with Crippen LogP contribution in [0.25, 0.3) is 0 Å². The van der Waals surface area contributed by atoms with Crippen molar-refractivity contribution in [2.45, 2.75) is 44.9 Å². The van der Waals surface area contributed by atoms with Gasteiger partial charge < -0.3 is 10.6 Å². The van der Waals surface area contributed by atoms with Crippen LogP contribution in [0.15, 0.2) is 41.3 Å². The molecule has 7 nitrogen and oxygen atoms in total. The summed E-state index contributed by atoms with van der Waals surface area (Å²) in [7, 11) is -3.68. The molecule has 8 heteroatoms. The van der Waals surface area contributed by atoms with Crippen molar-refractivity contribution in [1.29, 1.82) is 0 Å². The fourth-order valence-corrected chi connectivity index (χ4v) is 4.37. The van der Waals surface area contributed by atoms with E-state index in [2.05, 4.69) is 15.4 Å². The highest BCUT2D eigenvalue weighted by molar-refractivity contribution is 7.89. The molecule has 2 amide bonds. The molecule has 160 valence electrons. The van der Waals surface area contributed by atoms with Crippen molar-refractivity contribution in [2.24, 2.45) is 5.92 Å². The summed E-state index contributed by atoms with van der Waals surface area (Å²) in [5.41, 5.74) is 3.71. The summed E-state index contributed by atoms with van der Waals surface area (Å²) in [6.07, 6.45) is 1.82. The topological polar surface area (TPSA) is 104 Å². The number of sulfonamides is 1. The van der Waals surface area contributed by atoms with Crippen molar-refractivity contribution in [2.75, 3.05) is 17.2 Å². The Hall–Kier alpha value is -2.71. The number of anilines is 2. The smallest absolute Gasteiger partial charge is 0.240 e. The fourth-order valence-electron chi connectivity index (χ4n) is 3.11. The molecule has 0 unspecified atom stereocenters. The molecule has 30 heavy (non-hydrogen) atoms. The molecule has 1 aliphatic carbocycles. The SMILES string of the molecule is Cc1ccc(S(=O)(=O)NCCC(=O)Nc2cc(NC(=O)C3CC3)ccc2C)c(C)c1. The minimum atomic E-state index is -3.68. The summed E-state index contributed by atoms with van der Waals surface area (Å²) in [4.78, 5) is 24.5. The molecular weight excluding hydrogens is 402 g/mol. The lowest BCUT2D eigenvalue weighted by Gasteiger charge is -2.12. The number of hydrogen-bond acceptors (Lipinski definition) is 4. The van der Waals surface area contributed by atoms with Crippen LogP contribution in [0.4, 0.5) is 11.4 Å². The summed E-state index contributed by atoms with van der Waals surface area (Å²) < 4.78 is 27.4. The first-order valence-electron chi connectivity index (χ1n) is 9.94. The first-order valence-corrected chi connectivity index (χ1v) is 11.4. The predicted octanol–water partition coefficient (Wildman–Crippen LogP) is 3.27. The van der Waals surface area contributed by atoms with Gasteiger partial charge in [-0.1, -0.05) is 23.8 Å². The van der Waals surface area contributed by atoms with E-state index in [0.29, 0.717) is 16.9 Å². The summed E-state index contributed by atoms with van der Waals surface area (Å²) in [5, 5.41) is 5.64. The minimum absolute atomic E-state index is 0.00284. The van der Waals surface area contributed by atoms with Crippen molar-refractivity contribution in [1.82, 2.24) is 4.72 Å². The summed E-state index contributed by atoms with van der Waals surface area (Å²) >= 11 is 0. The van der Waals surface area contributed by atoms with Crippen LogP contribution in [0.3, 0.4) is 0 Å². The average molecular weight is 430 g/mol. The van der Waals surface area contributed by atoms with E-state index >= 15 is 0 Å². The first-order chi connectivity index (χ1) is 14.2. The van der Waals surface area contributed by atoms with E-state index in [0.717, 1.165) is 24.0 Å². The third-order valence-corrected chi connectivity index (χ3v) is 6.61. The lowest BCUT2D eigenvalue weighted by Crippen LogP contribution is -2.28. The Labute approximate surface area is 177 Å². The van der Waals surface area contributed by atoms with Gasteiger partial charge in [0.1, 0.15) is 0 Å². The minimum Gasteiger partial charge on any atom is -0.326 e. The van der Waals surface area contributed by atoms with Crippen LogP contribution in [0.1, 0.15) is 36.0 Å². The molecule has 1 fully saturated rings. The Bertz CT molecular complexity index is 1080. The van der Waals surface area contributed by atoms with Gasteiger partial charge in [0.2, 0.25) is 21.8 Å². The molecule has 3 rings (SSSR count). The average Bonchev–Trinajstić information content (AvgIpc) is 3.49. The normalized spacial score (nSPS) is 13.7. The lowest BCUT2D eigenvalue weighted by atomic mass is 10.1. The predicted molar refractivity (Wildman–Crippen MR) is 117 cm³/mol. The number of benzene rings is 2. The van der Waals surface area contributed by atoms with Gasteiger partial charge in [-0.15, -0.1) is 0 Å². The Morgan fingerprint density at radius 3 is 2.37 bits per heavy atom. The summed E-state index contributed by atoms with van der Waals surface area (Å²) in [6.45, 7) is 5.48. The van der Waals surface area contributed by atoms with Gasteiger partial charge in [0.15, 0.2) is 0 Å². The van der Waals surface area contributed by atoms with Gasteiger partial charge in [0.25, 0.3) is 0 Å². The van der Waals surface area contributed by atoms with Crippen molar-refractivity contribution in [3.63, 3.8) is 0 Å². The molecule has 1 aliphatic rings. The summed E-state index contributed by atoms with van der Waals surface area (Å²) in [5.74, 6) is -0.224. The van der Waals surface area contributed by atoms with Crippen LogP contribution in [0.5, 0.6) is 0 Å². The van der Waals surface area contributed by atoms with Gasteiger partial charge in [0, 0.05) is 30.3 Å². The number of aryl methyl sites for hydroxylation is 3. The Balaban J connectivity index is 1.56. The molecule has 0 heterocycles. The van der Waals surface area contributed by atoms with Crippen LogP contribution in [-0.2, 0) is 19.6 Å². The second kappa shape index (κ2) is 8.97. The lowest BCUT2D eigenvalue weighted by molar-refractivity contribution is -0.117. The number of hydrogen-bond donors (Lipinski definition) is 3. The van der Waals surface area contributed by atoms with Crippen LogP contribution in [0.2, 0.25) is 0 Å². The molecule has 0 saturated heterocycles. The van der Waals surface area contributed by atoms with Crippen LogP contribution < -0.4 is 15.4 Å². The molecule has 0 atom stereocenters. The molecule has 0 aliphatic heterocycles. The highest BCUT2D eigenvalue weighted by Crippen LogP contribution is 2.30. The number of carbonyl (C=O) groups excluding carboxylic acids is 2. The Morgan fingerprint density at radius 2 is 1.70 bits per heavy atom. The van der Waals surface area contributed by atoms with Crippen molar-refractivity contribution in [3.05, 3.63) is 53.1 Å². The van der Waals surface area contributed by atoms with Gasteiger partial charge in [-0.2, -0.15) is 0 Å². The van der Waals surface area contributed by atoms with Gasteiger partial charge in [0.05, 0.1) is 4.90 Å². The summed E-state index contributed by atoms with van der Waals surface area (Å²) in [6, 6.07) is 10.4. The number of nitrogens with one attached hydrogen (secondary N) is 3. The van der Waals surface area contributed by atoms with Crippen LogP contribution >= 0.6 is 0 Å². The van der Waals surface area contributed by atoms with Crippen molar-refractivity contribution < 1.29 is 18.0 Å². The molecule has 0 bridgehead atoms. The molecule has 0 aromatic heterocycles. The quantitative estimate of drug-likeness (QED) is 0.599. The number of carbonyl (C=O) groups is 2. The fraction of sp³-hybridized carbons (Fsp3) is 0.364. The monoisotopic (exact) mass is 429 g/mol. The zero-order valence-electron chi connectivity index (χ0n) is 17.4. The van der Waals surface area contributed by atoms with Crippen LogP contribution in [0, 0.1) is 26.7 Å². The van der Waals surface area contributed by atoms with Crippen molar-refractivity contribution in [3.8, 4) is 0 Å². The van der Waals surface area contributed by atoms with E-state index < -0.39 is 10.0 Å². The Morgan fingerprint density at radius 1 is 0.967 bits per heavy atom. The second-order valence-corrected chi connectivity index (χ2v) is 9.49. The standard InChI is InChI=1S/C22H27N3O4S/c1-14-4-9-20(16(3)12-14)30(28,29)23-11-10-21(26)25-19-13-18(8-5-15(19)2)24-22(27)17-6-7-17/h4-5,8-9,12-13,17,23H,6-7,10-11H2,1-3H3,(H,24,27)(H,25,26). The van der Waals surface area contributed by atoms with E-state index in [1.165, 1.54) is 0 Å². The molecule has 0 radical (unpaired) electrons. The molecular formula is C22H27N3O4S. The maximum atomic E-state index is 12.5. The molecule has 2 aromatic rings. The van der Waals surface area contributed by atoms with Gasteiger partial charge in [-0.05, 0) is 62.9 Å². The highest BCUT2D eigenvalue weighted by atomic mass is 32.2. The molecule has 0 spiro atoms. The maximum Gasteiger partial charge on any atom is 0.240 e. The Kier molecular flexibility index (Phi) is 6.58. The van der Waals surface area contributed by atoms with E-state index in [4.69, 9.17) is 0 Å². The third kappa shape index (κ3) is 5.67. The number of rotatable bonds is 8. The van der Waals surface area contributed by atoms with E-state index in [-0.39, 0.29) is 35.6 Å². The number of amides is 2. The van der Waals surface area contributed by atoms with E-state index in [1.54, 1.807) is 37.3 Å². The van der Waals surface area contributed by atoms with Gasteiger partial charge in [-0.3, -0.25) is 9.59 Å². The van der Waals surface area contributed by atoms with E-state index in [1.807, 2.05) is 19.9 Å². The van der Waals surface area contributed by atoms with Gasteiger partial charge >= 0.3 is 0 Å². The van der Waals surface area contributed by atoms with E-state index in [9.17, 15) is 18.0 Å². The molecule has 1 saturated carbocycles. The molecule has 3 N–H and O–H groups in total. The maximum absolute atomic E-state index is 12.5. The zero-order valence-corrected chi connectivity index (χ0v) is 18.2. The third-order valence-electron chi connectivity index (χ3n) is 4.99. The second-order valence-electron chi connectivity index (χ2n) is 7.76. The van der Waals surface area contributed by atoms with Gasteiger partial charge in [-0.25, -0.2) is 13.1 Å². The molecule has 2 aromatic carbocycles. The highest BCUT2D eigenvalue weighted by Gasteiger charge is 2.29. The largest absolute Gasteiger partial charge is 0.326 e. The first kappa shape index (κ1) is 22.0. The zero-order chi connectivity index (χ0) is 21.9.